The Balaban J connectivity index is 0.000000553. The van der Waals surface area contributed by atoms with Crippen LogP contribution in [0.15, 0.2) is 24.3 Å². The molecule has 0 aromatic heterocycles. The molecule has 9 heteroatoms. The molecule has 0 aliphatic carbocycles. The first kappa shape index (κ1) is 26.0. The Morgan fingerprint density at radius 1 is 1.32 bits per heavy atom. The lowest BCUT2D eigenvalue weighted by Gasteiger charge is -2.35. The molecule has 28 heavy (non-hydrogen) atoms. The third kappa shape index (κ3) is 9.82. The molecule has 1 heterocycles. The van der Waals surface area contributed by atoms with E-state index in [1.165, 1.54) is 31.4 Å². The minimum Gasteiger partial charge on any atom is -0.508 e. The van der Waals surface area contributed by atoms with Crippen LogP contribution in [-0.4, -0.2) is 64.2 Å². The second-order valence-electron chi connectivity index (χ2n) is 6.84. The fraction of sp³-hybridized carbons (Fsp3) is 0.579. The molecule has 2 unspecified atom stereocenters. The molecule has 2 atom stereocenters. The number of aliphatic carboxylic acids is 1. The molecule has 1 amide bonds. The van der Waals surface area contributed by atoms with Crippen LogP contribution in [0.1, 0.15) is 38.2 Å². The molecule has 1 aliphatic rings. The second-order valence-corrected chi connectivity index (χ2v) is 7.21. The number of rotatable bonds is 4. The van der Waals surface area contributed by atoms with E-state index in [1.54, 1.807) is 6.07 Å². The highest BCUT2D eigenvalue weighted by atomic mass is 32.1. The minimum atomic E-state index is -1.33. The highest BCUT2D eigenvalue weighted by molar-refractivity contribution is 7.80. The normalized spacial score (nSPS) is 20.4. The van der Waals surface area contributed by atoms with Crippen LogP contribution in [0.5, 0.6) is 5.75 Å². The van der Waals surface area contributed by atoms with E-state index in [4.69, 9.17) is 20.7 Å². The zero-order valence-electron chi connectivity index (χ0n) is 16.5. The molecule has 1 saturated heterocycles. The number of benzene rings is 1. The van der Waals surface area contributed by atoms with E-state index >= 15 is 0 Å². The summed E-state index contributed by atoms with van der Waals surface area (Å²) in [5.74, 6) is -0.424. The smallest absolute Gasteiger partial charge is 0.402 e. The Morgan fingerprint density at radius 2 is 1.93 bits per heavy atom. The fourth-order valence-electron chi connectivity index (χ4n) is 3.16. The van der Waals surface area contributed by atoms with Gasteiger partial charge in [0.15, 0.2) is 0 Å². The number of phenols is 1. The van der Waals surface area contributed by atoms with Gasteiger partial charge in [-0.05, 0) is 50.6 Å². The van der Waals surface area contributed by atoms with E-state index < -0.39 is 18.1 Å². The number of hydrogen-bond donors (Lipinski definition) is 6. The number of carboxylic acids is 1. The fourth-order valence-corrected chi connectivity index (χ4v) is 3.32. The maximum atomic E-state index is 9.76. The highest BCUT2D eigenvalue weighted by Crippen LogP contribution is 2.37. The van der Waals surface area contributed by atoms with Gasteiger partial charge in [0, 0.05) is 17.7 Å². The number of carbonyl (C=O) groups is 2. The molecule has 1 aromatic rings. The van der Waals surface area contributed by atoms with Gasteiger partial charge in [-0.25, -0.2) is 4.79 Å². The summed E-state index contributed by atoms with van der Waals surface area (Å²) in [6.45, 7) is 4.57. The summed E-state index contributed by atoms with van der Waals surface area (Å²) in [6.07, 6.45) is 3.61. The Bertz CT molecular complexity index is 613. The summed E-state index contributed by atoms with van der Waals surface area (Å²) in [7, 11) is 2.21. The van der Waals surface area contributed by atoms with Crippen LogP contribution in [0.2, 0.25) is 0 Å². The van der Waals surface area contributed by atoms with Gasteiger partial charge < -0.3 is 31.7 Å². The van der Waals surface area contributed by atoms with Gasteiger partial charge in [0.05, 0.1) is 0 Å². The van der Waals surface area contributed by atoms with Gasteiger partial charge >= 0.3 is 12.1 Å². The lowest BCUT2D eigenvalue weighted by molar-refractivity contribution is -0.137. The van der Waals surface area contributed by atoms with E-state index in [0.29, 0.717) is 5.75 Å². The van der Waals surface area contributed by atoms with Crippen LogP contribution in [0, 0.1) is 0 Å². The van der Waals surface area contributed by atoms with Gasteiger partial charge in [0.1, 0.15) is 11.8 Å². The van der Waals surface area contributed by atoms with Crippen molar-refractivity contribution in [3.05, 3.63) is 29.8 Å². The molecule has 1 aliphatic heterocycles. The van der Waals surface area contributed by atoms with Crippen molar-refractivity contribution in [3.8, 4) is 5.75 Å². The number of nitrogens with two attached hydrogens (primary N) is 2. The summed E-state index contributed by atoms with van der Waals surface area (Å²) >= 11 is 3.65. The van der Waals surface area contributed by atoms with Crippen molar-refractivity contribution in [2.75, 3.05) is 25.9 Å². The first-order valence-electron chi connectivity index (χ1n) is 9.13. The summed E-state index contributed by atoms with van der Waals surface area (Å²) in [5, 5.41) is 24.9. The molecule has 0 radical (unpaired) electrons. The maximum Gasteiger partial charge on any atom is 0.402 e. The zero-order valence-corrected chi connectivity index (χ0v) is 17.4. The minimum absolute atomic E-state index is 0.190. The van der Waals surface area contributed by atoms with Crippen molar-refractivity contribution < 1.29 is 24.9 Å². The first-order valence-corrected chi connectivity index (χ1v) is 9.77. The summed E-state index contributed by atoms with van der Waals surface area (Å²) < 4.78 is 0. The van der Waals surface area contributed by atoms with Crippen molar-refractivity contribution in [3.63, 3.8) is 0 Å². The molecule has 1 fully saturated rings. The molecular formula is C19H33N3O5S. The van der Waals surface area contributed by atoms with E-state index in [0.717, 1.165) is 13.0 Å². The number of likely N-dealkylation sites (tertiary alicyclic amines) is 1. The van der Waals surface area contributed by atoms with Crippen LogP contribution >= 0.6 is 12.6 Å². The molecule has 0 spiro atoms. The zero-order chi connectivity index (χ0) is 21.7. The van der Waals surface area contributed by atoms with Gasteiger partial charge in [0.25, 0.3) is 0 Å². The van der Waals surface area contributed by atoms with Crippen LogP contribution in [0.25, 0.3) is 0 Å². The number of amides is 1. The Hall–Kier alpha value is -1.97. The van der Waals surface area contributed by atoms with Crippen molar-refractivity contribution in [1.29, 1.82) is 0 Å². The topological polar surface area (TPSA) is 150 Å². The first-order chi connectivity index (χ1) is 13.1. The maximum absolute atomic E-state index is 9.76. The molecule has 160 valence electrons. The number of nitrogens with zero attached hydrogens (tertiary/aromatic N) is 1. The molecule has 0 saturated carbocycles. The van der Waals surface area contributed by atoms with E-state index in [2.05, 4.69) is 43.3 Å². The van der Waals surface area contributed by atoms with E-state index in [9.17, 15) is 9.90 Å². The SMILES string of the molecule is CCC1(c2cccc(O)c2)CCCCN(C)C1.NC(=O)O.NC(CS)C(=O)O. The third-order valence-corrected chi connectivity index (χ3v) is 5.06. The predicted octanol–water partition coefficient (Wildman–Crippen LogP) is 2.11. The van der Waals surface area contributed by atoms with Crippen LogP contribution < -0.4 is 11.5 Å². The number of thiol groups is 1. The lowest BCUT2D eigenvalue weighted by atomic mass is 9.74. The van der Waals surface area contributed by atoms with Crippen molar-refractivity contribution in [1.82, 2.24) is 4.90 Å². The Morgan fingerprint density at radius 3 is 2.36 bits per heavy atom. The largest absolute Gasteiger partial charge is 0.508 e. The Kier molecular flexibility index (Phi) is 12.3. The Labute approximate surface area is 171 Å². The predicted molar refractivity (Wildman–Crippen MR) is 113 cm³/mol. The van der Waals surface area contributed by atoms with Crippen LogP contribution in [0.4, 0.5) is 4.79 Å². The number of hydrogen-bond acceptors (Lipinski definition) is 6. The second kappa shape index (κ2) is 13.2. The van der Waals surface area contributed by atoms with Gasteiger partial charge in [-0.15, -0.1) is 0 Å². The van der Waals surface area contributed by atoms with Crippen molar-refractivity contribution in [2.45, 2.75) is 44.1 Å². The number of phenolic OH excluding ortho intramolecular Hbond substituents is 1. The average Bonchev–Trinajstić information content (AvgIpc) is 2.83. The molecular weight excluding hydrogens is 382 g/mol. The summed E-state index contributed by atoms with van der Waals surface area (Å²) in [4.78, 5) is 21.0. The van der Waals surface area contributed by atoms with Crippen LogP contribution in [-0.2, 0) is 10.2 Å². The third-order valence-electron chi connectivity index (χ3n) is 4.67. The standard InChI is InChI=1S/C15H23NO.C3H7NO2S.CH3NO2/c1-3-15(9-4-5-10-16(2)12-15)13-7-6-8-14(17)11-13;4-2(1-7)3(5)6;2-1(3)4/h6-8,11,17H,3-5,9-10,12H2,1-2H3;2,7H,1,4H2,(H,5,6);2H2,(H,3,4). The van der Waals surface area contributed by atoms with E-state index in [1.807, 2.05) is 12.1 Å². The van der Waals surface area contributed by atoms with Gasteiger partial charge in [-0.1, -0.05) is 25.5 Å². The van der Waals surface area contributed by atoms with E-state index in [-0.39, 0.29) is 11.2 Å². The number of likely N-dealkylation sites (N-methyl/N-ethyl adjacent to an activating group) is 1. The van der Waals surface area contributed by atoms with Crippen molar-refractivity contribution in [2.24, 2.45) is 11.5 Å². The average molecular weight is 416 g/mol. The van der Waals surface area contributed by atoms with Crippen molar-refractivity contribution >= 4 is 24.7 Å². The lowest BCUT2D eigenvalue weighted by Crippen LogP contribution is -2.37. The highest BCUT2D eigenvalue weighted by Gasteiger charge is 2.33. The van der Waals surface area contributed by atoms with Gasteiger partial charge in [-0.2, -0.15) is 12.6 Å². The molecule has 2 rings (SSSR count). The number of carboxylic acid groups (broad SMARTS) is 2. The summed E-state index contributed by atoms with van der Waals surface area (Å²) in [6, 6.07) is 7.02. The molecule has 0 bridgehead atoms. The monoisotopic (exact) mass is 415 g/mol. The van der Waals surface area contributed by atoms with Gasteiger partial charge in [0.2, 0.25) is 0 Å². The molecule has 1 aromatic carbocycles. The summed E-state index contributed by atoms with van der Waals surface area (Å²) in [5.41, 5.74) is 10.5. The molecule has 7 N–H and O–H groups in total. The molecule has 8 nitrogen and oxygen atoms in total. The van der Waals surface area contributed by atoms with Gasteiger partial charge in [-0.3, -0.25) is 4.79 Å². The number of aromatic hydroxyl groups is 1. The van der Waals surface area contributed by atoms with Crippen LogP contribution in [0.3, 0.4) is 0 Å². The quantitative estimate of drug-likeness (QED) is 0.412. The number of primary amides is 1.